The molecule has 1 aromatic heterocycles. The quantitative estimate of drug-likeness (QED) is 0.849. The van der Waals surface area contributed by atoms with E-state index in [2.05, 4.69) is 16.8 Å². The first-order valence-electron chi connectivity index (χ1n) is 5.80. The number of thiazole rings is 1. The molecule has 1 saturated heterocycles. The van der Waals surface area contributed by atoms with Gasteiger partial charge in [0, 0.05) is 25.7 Å². The summed E-state index contributed by atoms with van der Waals surface area (Å²) in [5, 5.41) is 0. The normalized spacial score (nSPS) is 23.4. The maximum Gasteiger partial charge on any atom is 0.254 e. The van der Waals surface area contributed by atoms with Crippen molar-refractivity contribution in [1.29, 1.82) is 0 Å². The summed E-state index contributed by atoms with van der Waals surface area (Å²) < 4.78 is 26.7. The lowest BCUT2D eigenvalue weighted by Gasteiger charge is -2.38. The molecule has 1 aliphatic heterocycles. The van der Waals surface area contributed by atoms with E-state index in [0.29, 0.717) is 13.1 Å². The zero-order valence-corrected chi connectivity index (χ0v) is 12.7. The number of hydrogen-bond donors (Lipinski definition) is 0. The van der Waals surface area contributed by atoms with Crippen LogP contribution in [0.25, 0.3) is 0 Å². The van der Waals surface area contributed by atoms with Gasteiger partial charge in [-0.05, 0) is 13.5 Å². The lowest BCUT2D eigenvalue weighted by molar-refractivity contribution is 0.136. The Kier molecular flexibility index (Phi) is 4.28. The highest BCUT2D eigenvalue weighted by molar-refractivity contribution is 7.91. The smallest absolute Gasteiger partial charge is 0.254 e. The van der Waals surface area contributed by atoms with Crippen LogP contribution in [-0.2, 0) is 10.0 Å². The Hall–Kier alpha value is -0.210. The summed E-state index contributed by atoms with van der Waals surface area (Å²) in [6, 6.07) is 0.238. The van der Waals surface area contributed by atoms with Gasteiger partial charge in [0.2, 0.25) is 0 Å². The van der Waals surface area contributed by atoms with Gasteiger partial charge in [-0.25, -0.2) is 13.4 Å². The average molecular weight is 310 g/mol. The molecule has 2 heterocycles. The minimum Gasteiger partial charge on any atom is -0.298 e. The van der Waals surface area contributed by atoms with Gasteiger partial charge in [-0.1, -0.05) is 29.9 Å². The van der Waals surface area contributed by atoms with E-state index >= 15 is 0 Å². The molecule has 1 atom stereocenters. The molecule has 0 bridgehead atoms. The third kappa shape index (κ3) is 2.70. The van der Waals surface area contributed by atoms with Gasteiger partial charge >= 0.3 is 0 Å². The molecule has 0 radical (unpaired) electrons. The van der Waals surface area contributed by atoms with Crippen LogP contribution in [0.5, 0.6) is 0 Å². The highest BCUT2D eigenvalue weighted by atomic mass is 35.5. The molecule has 0 saturated carbocycles. The fourth-order valence-electron chi connectivity index (χ4n) is 2.14. The number of halogens is 1. The summed E-state index contributed by atoms with van der Waals surface area (Å²) in [7, 11) is -3.43. The summed E-state index contributed by atoms with van der Waals surface area (Å²) in [5.74, 6) is 0. The van der Waals surface area contributed by atoms with Crippen molar-refractivity contribution in [2.24, 2.45) is 0 Å². The fraction of sp³-hybridized carbons (Fsp3) is 0.700. The second-order valence-electron chi connectivity index (χ2n) is 4.27. The number of nitrogens with zero attached hydrogens (tertiary/aromatic N) is 3. The van der Waals surface area contributed by atoms with E-state index in [1.807, 2.05) is 6.92 Å². The SMILES string of the molecule is CCN1CCN(S(=O)(=O)c2cnc(Cl)s2)CC1C. The topological polar surface area (TPSA) is 53.5 Å². The Balaban J connectivity index is 2.17. The molecular weight excluding hydrogens is 294 g/mol. The highest BCUT2D eigenvalue weighted by Crippen LogP contribution is 2.26. The fourth-order valence-corrected chi connectivity index (χ4v) is 5.10. The molecule has 5 nitrogen and oxygen atoms in total. The van der Waals surface area contributed by atoms with Gasteiger partial charge in [0.1, 0.15) is 0 Å². The predicted molar refractivity (Wildman–Crippen MR) is 72.6 cm³/mol. The van der Waals surface area contributed by atoms with E-state index in [1.165, 1.54) is 10.5 Å². The molecule has 1 unspecified atom stereocenters. The average Bonchev–Trinajstić information content (AvgIpc) is 2.76. The number of aromatic nitrogens is 1. The number of rotatable bonds is 3. The number of piperazine rings is 1. The van der Waals surface area contributed by atoms with Crippen LogP contribution in [0, 0.1) is 0 Å². The minimum absolute atomic E-state index is 0.227. The summed E-state index contributed by atoms with van der Waals surface area (Å²) >= 11 is 6.70. The molecular formula is C10H16ClN3O2S2. The third-order valence-corrected chi connectivity index (χ3v) is 6.60. The molecule has 0 N–H and O–H groups in total. The van der Waals surface area contributed by atoms with Gasteiger partial charge in [-0.15, -0.1) is 0 Å². The van der Waals surface area contributed by atoms with Gasteiger partial charge < -0.3 is 0 Å². The molecule has 1 aromatic rings. The van der Waals surface area contributed by atoms with E-state index in [1.54, 1.807) is 0 Å². The zero-order chi connectivity index (χ0) is 13.3. The summed E-state index contributed by atoms with van der Waals surface area (Å²) in [5.41, 5.74) is 0. The summed E-state index contributed by atoms with van der Waals surface area (Å²) in [4.78, 5) is 6.07. The summed E-state index contributed by atoms with van der Waals surface area (Å²) in [6.07, 6.45) is 1.33. The molecule has 0 spiro atoms. The Morgan fingerprint density at radius 3 is 2.78 bits per heavy atom. The second kappa shape index (κ2) is 5.42. The van der Waals surface area contributed by atoms with Crippen LogP contribution in [0.15, 0.2) is 10.4 Å². The lowest BCUT2D eigenvalue weighted by Crippen LogP contribution is -2.53. The maximum absolute atomic E-state index is 12.4. The minimum atomic E-state index is -3.43. The van der Waals surface area contributed by atoms with Crippen molar-refractivity contribution >= 4 is 33.0 Å². The van der Waals surface area contributed by atoms with Crippen LogP contribution in [-0.4, -0.2) is 54.8 Å². The van der Waals surface area contributed by atoms with E-state index < -0.39 is 10.0 Å². The monoisotopic (exact) mass is 309 g/mol. The second-order valence-corrected chi connectivity index (χ2v) is 8.05. The first-order valence-corrected chi connectivity index (χ1v) is 8.44. The molecule has 0 amide bonds. The van der Waals surface area contributed by atoms with Crippen LogP contribution < -0.4 is 0 Å². The van der Waals surface area contributed by atoms with E-state index in [4.69, 9.17) is 11.6 Å². The molecule has 18 heavy (non-hydrogen) atoms. The predicted octanol–water partition coefficient (Wildman–Crippen LogP) is 1.51. The van der Waals surface area contributed by atoms with Crippen molar-refractivity contribution in [2.45, 2.75) is 24.1 Å². The largest absolute Gasteiger partial charge is 0.298 e. The molecule has 2 rings (SSSR count). The molecule has 102 valence electrons. The first kappa shape index (κ1) is 14.2. The highest BCUT2D eigenvalue weighted by Gasteiger charge is 2.32. The van der Waals surface area contributed by atoms with Crippen molar-refractivity contribution in [3.05, 3.63) is 10.7 Å². The van der Waals surface area contributed by atoms with Crippen LogP contribution in [0.2, 0.25) is 4.47 Å². The molecule has 1 fully saturated rings. The van der Waals surface area contributed by atoms with Crippen molar-refractivity contribution in [3.8, 4) is 0 Å². The van der Waals surface area contributed by atoms with Crippen molar-refractivity contribution in [1.82, 2.24) is 14.2 Å². The van der Waals surface area contributed by atoms with Gasteiger partial charge in [0.25, 0.3) is 10.0 Å². The number of hydrogen-bond acceptors (Lipinski definition) is 5. The lowest BCUT2D eigenvalue weighted by atomic mass is 10.2. The molecule has 0 aromatic carbocycles. The van der Waals surface area contributed by atoms with E-state index in [0.717, 1.165) is 24.4 Å². The standard InChI is InChI=1S/C10H16ClN3O2S2/c1-3-13-4-5-14(7-8(13)2)18(15,16)9-6-12-10(11)17-9/h6,8H,3-5,7H2,1-2H3. The molecule has 1 aliphatic rings. The first-order chi connectivity index (χ1) is 8.45. The van der Waals surface area contributed by atoms with Crippen LogP contribution >= 0.6 is 22.9 Å². The van der Waals surface area contributed by atoms with Crippen molar-refractivity contribution in [2.75, 3.05) is 26.2 Å². The van der Waals surface area contributed by atoms with E-state index in [-0.39, 0.29) is 14.7 Å². The van der Waals surface area contributed by atoms with Crippen LogP contribution in [0.3, 0.4) is 0 Å². The third-order valence-electron chi connectivity index (χ3n) is 3.18. The Morgan fingerprint density at radius 1 is 1.56 bits per heavy atom. The van der Waals surface area contributed by atoms with Crippen molar-refractivity contribution in [3.63, 3.8) is 0 Å². The zero-order valence-electron chi connectivity index (χ0n) is 10.3. The van der Waals surface area contributed by atoms with Crippen LogP contribution in [0.1, 0.15) is 13.8 Å². The number of likely N-dealkylation sites (N-methyl/N-ethyl adjacent to an activating group) is 1. The van der Waals surface area contributed by atoms with Crippen LogP contribution in [0.4, 0.5) is 0 Å². The number of sulfonamides is 1. The molecule has 0 aliphatic carbocycles. The maximum atomic E-state index is 12.4. The Morgan fingerprint density at radius 2 is 2.28 bits per heavy atom. The summed E-state index contributed by atoms with van der Waals surface area (Å²) in [6.45, 7) is 6.89. The van der Waals surface area contributed by atoms with Gasteiger partial charge in [-0.2, -0.15) is 4.31 Å². The van der Waals surface area contributed by atoms with Gasteiger partial charge in [-0.3, -0.25) is 4.90 Å². The Bertz CT molecular complexity index is 517. The Labute approximate surface area is 116 Å². The molecule has 8 heteroatoms. The van der Waals surface area contributed by atoms with Gasteiger partial charge in [0.05, 0.1) is 6.20 Å². The van der Waals surface area contributed by atoms with Gasteiger partial charge in [0.15, 0.2) is 8.68 Å². The van der Waals surface area contributed by atoms with E-state index in [9.17, 15) is 8.42 Å². The van der Waals surface area contributed by atoms with Crippen molar-refractivity contribution < 1.29 is 8.42 Å².